The molecule has 0 radical (unpaired) electrons. The van der Waals surface area contributed by atoms with Crippen LogP contribution < -0.4 is 19.5 Å². The number of fused-ring (bicyclic) bond motifs is 1. The number of aromatic nitrogens is 1. The average Bonchev–Trinajstić information content (AvgIpc) is 3.09. The van der Waals surface area contributed by atoms with Crippen molar-refractivity contribution in [3.05, 3.63) is 17.8 Å². The predicted molar refractivity (Wildman–Crippen MR) is 104 cm³/mol. The van der Waals surface area contributed by atoms with E-state index in [0.717, 1.165) is 18.2 Å². The van der Waals surface area contributed by atoms with Gasteiger partial charge in [-0.05, 0) is 19.4 Å². The fourth-order valence-corrected chi connectivity index (χ4v) is 3.11. The van der Waals surface area contributed by atoms with Crippen LogP contribution in [0.4, 0.5) is 0 Å². The highest BCUT2D eigenvalue weighted by Gasteiger charge is 2.20. The Morgan fingerprint density at radius 1 is 1.08 bits per heavy atom. The Bertz CT molecular complexity index is 739. The summed E-state index contributed by atoms with van der Waals surface area (Å²) < 4.78 is 16.2. The van der Waals surface area contributed by atoms with Crippen molar-refractivity contribution < 1.29 is 19.0 Å². The summed E-state index contributed by atoms with van der Waals surface area (Å²) in [5, 5.41) is 3.84. The van der Waals surface area contributed by atoms with Crippen molar-refractivity contribution in [1.82, 2.24) is 10.3 Å². The van der Waals surface area contributed by atoms with Crippen molar-refractivity contribution in [3.8, 4) is 17.2 Å². The molecule has 0 aliphatic heterocycles. The number of ether oxygens (including phenoxy) is 3. The smallest absolute Gasteiger partial charge is 0.267 e. The third-order valence-corrected chi connectivity index (χ3v) is 4.55. The Kier molecular flexibility index (Phi) is 7.18. The highest BCUT2D eigenvalue weighted by molar-refractivity contribution is 6.02. The molecule has 2 N–H and O–H groups in total. The van der Waals surface area contributed by atoms with Crippen LogP contribution >= 0.6 is 0 Å². The minimum Gasteiger partial charge on any atom is -0.496 e. The molecule has 144 valence electrons. The number of hydrogen-bond acceptors (Lipinski definition) is 4. The molecule has 0 fully saturated rings. The maximum absolute atomic E-state index is 12.6. The van der Waals surface area contributed by atoms with Gasteiger partial charge in [0.25, 0.3) is 5.91 Å². The molecule has 0 saturated carbocycles. The second-order valence-electron chi connectivity index (χ2n) is 6.51. The fraction of sp³-hybridized carbons (Fsp3) is 0.550. The largest absolute Gasteiger partial charge is 0.496 e. The summed E-state index contributed by atoms with van der Waals surface area (Å²) in [4.78, 5) is 15.8. The molecule has 0 aliphatic carbocycles. The van der Waals surface area contributed by atoms with Crippen molar-refractivity contribution in [1.29, 1.82) is 0 Å². The Morgan fingerprint density at radius 3 is 2.42 bits per heavy atom. The van der Waals surface area contributed by atoms with Crippen molar-refractivity contribution in [2.75, 3.05) is 21.3 Å². The Hall–Kier alpha value is -2.37. The number of rotatable bonds is 10. The minimum atomic E-state index is -0.132. The molecule has 2 rings (SSSR count). The fourth-order valence-electron chi connectivity index (χ4n) is 3.11. The molecule has 1 aromatic carbocycles. The number of unbranched alkanes of at least 4 members (excludes halogenated alkanes) is 3. The van der Waals surface area contributed by atoms with Gasteiger partial charge in [0.05, 0.1) is 26.8 Å². The average molecular weight is 362 g/mol. The van der Waals surface area contributed by atoms with Crippen LogP contribution in [0.2, 0.25) is 0 Å². The third-order valence-electron chi connectivity index (χ3n) is 4.55. The van der Waals surface area contributed by atoms with Gasteiger partial charge >= 0.3 is 0 Å². The first kappa shape index (κ1) is 19.9. The molecule has 2 aromatic rings. The first-order valence-corrected chi connectivity index (χ1v) is 9.18. The number of nitrogens with one attached hydrogen (secondary N) is 2. The lowest BCUT2D eigenvalue weighted by atomic mass is 10.1. The lowest BCUT2D eigenvalue weighted by Gasteiger charge is -2.13. The van der Waals surface area contributed by atoms with Crippen LogP contribution in [0.5, 0.6) is 17.2 Å². The van der Waals surface area contributed by atoms with Crippen LogP contribution in [-0.2, 0) is 0 Å². The summed E-state index contributed by atoms with van der Waals surface area (Å²) in [6.07, 6.45) is 5.76. The number of hydrogen-bond donors (Lipinski definition) is 2. The van der Waals surface area contributed by atoms with Crippen LogP contribution in [0, 0.1) is 0 Å². The Labute approximate surface area is 155 Å². The molecule has 26 heavy (non-hydrogen) atoms. The molecule has 6 heteroatoms. The highest BCUT2D eigenvalue weighted by atomic mass is 16.5. The molecule has 0 spiro atoms. The van der Waals surface area contributed by atoms with E-state index in [1.807, 2.05) is 6.92 Å². The van der Waals surface area contributed by atoms with E-state index in [0.29, 0.717) is 28.5 Å². The van der Waals surface area contributed by atoms with Gasteiger partial charge in [-0.3, -0.25) is 4.79 Å². The Balaban J connectivity index is 2.20. The second kappa shape index (κ2) is 9.36. The summed E-state index contributed by atoms with van der Waals surface area (Å²) in [6, 6.07) is 3.67. The zero-order valence-corrected chi connectivity index (χ0v) is 16.4. The van der Waals surface area contributed by atoms with E-state index in [4.69, 9.17) is 14.2 Å². The number of benzene rings is 1. The number of carbonyl (C=O) groups excluding carboxylic acids is 1. The van der Waals surface area contributed by atoms with Crippen LogP contribution in [0.25, 0.3) is 10.9 Å². The standard InChI is InChI=1S/C20H30N2O4/c1-6-7-8-9-10-13(2)21-20(23)15-11-14-16(24-3)12-17(25-4)19(26-5)18(14)22-15/h11-13,22H,6-10H2,1-5H3,(H,21,23). The van der Waals surface area contributed by atoms with Gasteiger partial charge in [0.15, 0.2) is 11.5 Å². The molecular formula is C20H30N2O4. The minimum absolute atomic E-state index is 0.129. The maximum Gasteiger partial charge on any atom is 0.267 e. The van der Waals surface area contributed by atoms with E-state index in [1.165, 1.54) is 19.3 Å². The van der Waals surface area contributed by atoms with Crippen LogP contribution in [0.1, 0.15) is 56.4 Å². The normalized spacial score (nSPS) is 12.0. The van der Waals surface area contributed by atoms with Gasteiger partial charge in [-0.2, -0.15) is 0 Å². The van der Waals surface area contributed by atoms with Crippen LogP contribution in [-0.4, -0.2) is 38.3 Å². The first-order valence-electron chi connectivity index (χ1n) is 9.18. The molecule has 0 bridgehead atoms. The molecule has 1 heterocycles. The lowest BCUT2D eigenvalue weighted by Crippen LogP contribution is -2.32. The zero-order chi connectivity index (χ0) is 19.1. The van der Waals surface area contributed by atoms with Crippen molar-refractivity contribution in [2.24, 2.45) is 0 Å². The van der Waals surface area contributed by atoms with E-state index in [1.54, 1.807) is 33.5 Å². The first-order chi connectivity index (χ1) is 12.5. The topological polar surface area (TPSA) is 72.6 Å². The van der Waals surface area contributed by atoms with Crippen LogP contribution in [0.3, 0.4) is 0 Å². The molecule has 0 saturated heterocycles. The second-order valence-corrected chi connectivity index (χ2v) is 6.51. The van der Waals surface area contributed by atoms with Gasteiger partial charge in [0.1, 0.15) is 11.4 Å². The molecule has 1 aromatic heterocycles. The summed E-state index contributed by atoms with van der Waals surface area (Å²) >= 11 is 0. The van der Waals surface area contributed by atoms with Crippen LogP contribution in [0.15, 0.2) is 12.1 Å². The maximum atomic E-state index is 12.6. The number of methoxy groups -OCH3 is 3. The molecule has 0 aliphatic rings. The highest BCUT2D eigenvalue weighted by Crippen LogP contribution is 2.41. The number of carbonyl (C=O) groups is 1. The summed E-state index contributed by atoms with van der Waals surface area (Å²) in [5.74, 6) is 1.60. The van der Waals surface area contributed by atoms with E-state index in [-0.39, 0.29) is 11.9 Å². The molecule has 1 unspecified atom stereocenters. The summed E-state index contributed by atoms with van der Waals surface area (Å²) in [5.41, 5.74) is 1.16. The van der Waals surface area contributed by atoms with Gasteiger partial charge < -0.3 is 24.5 Å². The predicted octanol–water partition coefficient (Wildman–Crippen LogP) is 4.28. The van der Waals surface area contributed by atoms with Gasteiger partial charge in [0, 0.05) is 17.5 Å². The van der Waals surface area contributed by atoms with E-state index < -0.39 is 0 Å². The molecular weight excluding hydrogens is 332 g/mol. The summed E-state index contributed by atoms with van der Waals surface area (Å²) in [6.45, 7) is 4.23. The monoisotopic (exact) mass is 362 g/mol. The quantitative estimate of drug-likeness (QED) is 0.619. The zero-order valence-electron chi connectivity index (χ0n) is 16.4. The van der Waals surface area contributed by atoms with Crippen molar-refractivity contribution >= 4 is 16.8 Å². The molecule has 6 nitrogen and oxygen atoms in total. The number of H-pyrrole nitrogens is 1. The van der Waals surface area contributed by atoms with E-state index >= 15 is 0 Å². The van der Waals surface area contributed by atoms with E-state index in [9.17, 15) is 4.79 Å². The molecule has 1 amide bonds. The number of aromatic amines is 1. The lowest BCUT2D eigenvalue weighted by molar-refractivity contribution is 0.0933. The Morgan fingerprint density at radius 2 is 1.81 bits per heavy atom. The number of amides is 1. The van der Waals surface area contributed by atoms with Gasteiger partial charge in [-0.1, -0.05) is 32.6 Å². The van der Waals surface area contributed by atoms with Crippen molar-refractivity contribution in [3.63, 3.8) is 0 Å². The third kappa shape index (κ3) is 4.42. The van der Waals surface area contributed by atoms with Gasteiger partial charge in [-0.15, -0.1) is 0 Å². The van der Waals surface area contributed by atoms with Gasteiger partial charge in [0.2, 0.25) is 0 Å². The van der Waals surface area contributed by atoms with Crippen molar-refractivity contribution in [2.45, 2.75) is 52.0 Å². The van der Waals surface area contributed by atoms with E-state index in [2.05, 4.69) is 17.2 Å². The molecule has 1 atom stereocenters. The SMILES string of the molecule is CCCCCCC(C)NC(=O)c1cc2c(OC)cc(OC)c(OC)c2[nH]1. The summed E-state index contributed by atoms with van der Waals surface area (Å²) in [7, 11) is 4.73. The van der Waals surface area contributed by atoms with Gasteiger partial charge in [-0.25, -0.2) is 0 Å².